The Morgan fingerprint density at radius 3 is 2.52 bits per heavy atom. The van der Waals surface area contributed by atoms with Gasteiger partial charge in [-0.1, -0.05) is 12.1 Å². The lowest BCUT2D eigenvalue weighted by Gasteiger charge is -2.11. The van der Waals surface area contributed by atoms with Crippen LogP contribution in [0.3, 0.4) is 0 Å². The molecule has 1 aromatic carbocycles. The molecule has 0 saturated carbocycles. The predicted octanol–water partition coefficient (Wildman–Crippen LogP) is 1.28. The van der Waals surface area contributed by atoms with Crippen molar-refractivity contribution < 1.29 is 23.8 Å². The van der Waals surface area contributed by atoms with Crippen molar-refractivity contribution in [2.45, 2.75) is 13.3 Å². The van der Waals surface area contributed by atoms with Gasteiger partial charge in [0.15, 0.2) is 18.2 Å². The molecule has 7 nitrogen and oxygen atoms in total. The number of hydrogen-bond donors (Lipinski definition) is 2. The minimum atomic E-state index is -0.422. The highest BCUT2D eigenvalue weighted by Crippen LogP contribution is 2.25. The highest BCUT2D eigenvalue weighted by atomic mass is 16.5. The zero-order valence-electron chi connectivity index (χ0n) is 12.2. The second kappa shape index (κ2) is 9.46. The maximum Gasteiger partial charge on any atom is 0.317 e. The quantitative estimate of drug-likeness (QED) is 0.557. The summed E-state index contributed by atoms with van der Waals surface area (Å²) in [5.74, 6) is 0.775. The van der Waals surface area contributed by atoms with E-state index in [1.807, 2.05) is 6.07 Å². The Kier molecular flexibility index (Phi) is 7.49. The molecule has 0 bridgehead atoms. The van der Waals surface area contributed by atoms with Gasteiger partial charge in [0, 0.05) is 6.54 Å². The van der Waals surface area contributed by atoms with Gasteiger partial charge in [-0.05, 0) is 19.1 Å². The molecule has 1 rings (SSSR count). The van der Waals surface area contributed by atoms with Gasteiger partial charge in [-0.25, -0.2) is 4.79 Å². The number of para-hydroxylation sites is 2. The maximum atomic E-state index is 11.4. The molecule has 0 aliphatic heterocycles. The van der Waals surface area contributed by atoms with Crippen LogP contribution in [0.2, 0.25) is 0 Å². The van der Waals surface area contributed by atoms with Gasteiger partial charge in [-0.3, -0.25) is 4.79 Å². The van der Waals surface area contributed by atoms with Crippen LogP contribution in [-0.4, -0.2) is 39.0 Å². The number of benzene rings is 1. The van der Waals surface area contributed by atoms with E-state index in [-0.39, 0.29) is 25.7 Å². The molecule has 0 aromatic heterocycles. The SMILES string of the molecule is CCOC(=O)CCNC(=O)NCOc1ccccc1OC. The molecule has 0 aliphatic carbocycles. The molecule has 0 saturated heterocycles. The summed E-state index contributed by atoms with van der Waals surface area (Å²) in [4.78, 5) is 22.5. The highest BCUT2D eigenvalue weighted by Gasteiger charge is 2.05. The number of amides is 2. The molecule has 2 amide bonds. The molecule has 0 atom stereocenters. The summed E-state index contributed by atoms with van der Waals surface area (Å²) in [6.07, 6.45) is 0.134. The summed E-state index contributed by atoms with van der Waals surface area (Å²) in [6, 6.07) is 6.70. The van der Waals surface area contributed by atoms with E-state index in [0.29, 0.717) is 18.1 Å². The van der Waals surface area contributed by atoms with Crippen molar-refractivity contribution in [3.05, 3.63) is 24.3 Å². The summed E-state index contributed by atoms with van der Waals surface area (Å²) < 4.78 is 15.2. The Labute approximate surface area is 123 Å². The van der Waals surface area contributed by atoms with E-state index in [1.165, 1.54) is 7.11 Å². The van der Waals surface area contributed by atoms with Crippen molar-refractivity contribution >= 4 is 12.0 Å². The Morgan fingerprint density at radius 1 is 1.14 bits per heavy atom. The summed E-state index contributed by atoms with van der Waals surface area (Å²) in [5.41, 5.74) is 0. The first-order chi connectivity index (χ1) is 10.2. The number of nitrogens with one attached hydrogen (secondary N) is 2. The molecule has 0 aliphatic rings. The lowest BCUT2D eigenvalue weighted by molar-refractivity contribution is -0.142. The molecule has 116 valence electrons. The number of carbonyl (C=O) groups excluding carboxylic acids is 2. The number of methoxy groups -OCH3 is 1. The molecule has 0 spiro atoms. The molecule has 0 unspecified atom stereocenters. The summed E-state index contributed by atoms with van der Waals surface area (Å²) >= 11 is 0. The van der Waals surface area contributed by atoms with E-state index >= 15 is 0 Å². The Balaban J connectivity index is 2.20. The standard InChI is InChI=1S/C14H20N2O5/c1-3-20-13(17)8-9-15-14(18)16-10-21-12-7-5-4-6-11(12)19-2/h4-7H,3,8-10H2,1-2H3,(H2,15,16,18). The Morgan fingerprint density at radius 2 is 1.86 bits per heavy atom. The van der Waals surface area contributed by atoms with Crippen molar-refractivity contribution in [1.29, 1.82) is 0 Å². The largest absolute Gasteiger partial charge is 0.493 e. The van der Waals surface area contributed by atoms with Crippen molar-refractivity contribution in [2.24, 2.45) is 0 Å². The van der Waals surface area contributed by atoms with Crippen molar-refractivity contribution in [2.75, 3.05) is 27.0 Å². The third-order valence-corrected chi connectivity index (χ3v) is 2.45. The van der Waals surface area contributed by atoms with Crippen LogP contribution in [0, 0.1) is 0 Å². The minimum Gasteiger partial charge on any atom is -0.493 e. The second-order valence-electron chi connectivity index (χ2n) is 3.93. The van der Waals surface area contributed by atoms with Gasteiger partial charge in [0.1, 0.15) is 0 Å². The fraction of sp³-hybridized carbons (Fsp3) is 0.429. The fourth-order valence-corrected chi connectivity index (χ4v) is 1.49. The first-order valence-corrected chi connectivity index (χ1v) is 6.60. The van der Waals surface area contributed by atoms with Gasteiger partial charge in [-0.15, -0.1) is 0 Å². The highest BCUT2D eigenvalue weighted by molar-refractivity contribution is 5.75. The predicted molar refractivity (Wildman–Crippen MR) is 76.3 cm³/mol. The van der Waals surface area contributed by atoms with E-state index in [1.54, 1.807) is 25.1 Å². The average Bonchev–Trinajstić information content (AvgIpc) is 2.48. The zero-order valence-corrected chi connectivity index (χ0v) is 12.2. The summed E-state index contributed by atoms with van der Waals surface area (Å²) in [6.45, 7) is 2.26. The van der Waals surface area contributed by atoms with Crippen molar-refractivity contribution in [3.63, 3.8) is 0 Å². The molecular formula is C14H20N2O5. The Hall–Kier alpha value is -2.44. The molecular weight excluding hydrogens is 276 g/mol. The van der Waals surface area contributed by atoms with Gasteiger partial charge in [0.2, 0.25) is 0 Å². The molecule has 7 heteroatoms. The van der Waals surface area contributed by atoms with Crippen LogP contribution in [-0.2, 0) is 9.53 Å². The van der Waals surface area contributed by atoms with Crippen LogP contribution in [0.25, 0.3) is 0 Å². The molecule has 21 heavy (non-hydrogen) atoms. The van der Waals surface area contributed by atoms with Crippen LogP contribution < -0.4 is 20.1 Å². The van der Waals surface area contributed by atoms with Crippen LogP contribution in [0.4, 0.5) is 4.79 Å². The van der Waals surface area contributed by atoms with Crippen LogP contribution in [0.5, 0.6) is 11.5 Å². The van der Waals surface area contributed by atoms with Gasteiger partial charge >= 0.3 is 12.0 Å². The third kappa shape index (κ3) is 6.51. The van der Waals surface area contributed by atoms with Crippen LogP contribution >= 0.6 is 0 Å². The number of ether oxygens (including phenoxy) is 3. The van der Waals surface area contributed by atoms with E-state index < -0.39 is 6.03 Å². The first-order valence-electron chi connectivity index (χ1n) is 6.60. The van der Waals surface area contributed by atoms with Gasteiger partial charge < -0.3 is 24.8 Å². The summed E-state index contributed by atoms with van der Waals surface area (Å²) in [5, 5.41) is 5.03. The van der Waals surface area contributed by atoms with Crippen molar-refractivity contribution in [1.82, 2.24) is 10.6 Å². The average molecular weight is 296 g/mol. The topological polar surface area (TPSA) is 85.9 Å². The van der Waals surface area contributed by atoms with Gasteiger partial charge in [0.25, 0.3) is 0 Å². The van der Waals surface area contributed by atoms with Gasteiger partial charge in [0.05, 0.1) is 20.1 Å². The lowest BCUT2D eigenvalue weighted by atomic mass is 10.3. The zero-order chi connectivity index (χ0) is 15.5. The summed E-state index contributed by atoms with van der Waals surface area (Å²) in [7, 11) is 1.54. The van der Waals surface area contributed by atoms with Crippen molar-refractivity contribution in [3.8, 4) is 11.5 Å². The molecule has 0 fully saturated rings. The van der Waals surface area contributed by atoms with E-state index in [2.05, 4.69) is 10.6 Å². The number of hydrogen-bond acceptors (Lipinski definition) is 5. The van der Waals surface area contributed by atoms with Crippen LogP contribution in [0.15, 0.2) is 24.3 Å². The van der Waals surface area contributed by atoms with Gasteiger partial charge in [-0.2, -0.15) is 0 Å². The van der Waals surface area contributed by atoms with E-state index in [0.717, 1.165) is 0 Å². The number of carbonyl (C=O) groups is 2. The number of urea groups is 1. The Bertz CT molecular complexity index is 464. The fourth-order valence-electron chi connectivity index (χ4n) is 1.49. The minimum absolute atomic E-state index is 0.00832. The number of esters is 1. The third-order valence-electron chi connectivity index (χ3n) is 2.45. The monoisotopic (exact) mass is 296 g/mol. The van der Waals surface area contributed by atoms with E-state index in [4.69, 9.17) is 14.2 Å². The number of rotatable bonds is 8. The molecule has 1 aromatic rings. The molecule has 0 radical (unpaired) electrons. The first kappa shape index (κ1) is 16.6. The maximum absolute atomic E-state index is 11.4. The second-order valence-corrected chi connectivity index (χ2v) is 3.93. The van der Waals surface area contributed by atoms with Crippen LogP contribution in [0.1, 0.15) is 13.3 Å². The molecule has 0 heterocycles. The van der Waals surface area contributed by atoms with E-state index in [9.17, 15) is 9.59 Å². The normalized spacial score (nSPS) is 9.62. The molecule has 2 N–H and O–H groups in total. The smallest absolute Gasteiger partial charge is 0.317 e. The lowest BCUT2D eigenvalue weighted by Crippen LogP contribution is -2.38.